The molecule has 3 fully saturated rings. The van der Waals surface area contributed by atoms with Gasteiger partial charge in [-0.25, -0.2) is 0 Å². The van der Waals surface area contributed by atoms with Crippen molar-refractivity contribution in [1.29, 1.82) is 0 Å². The number of aliphatic hydroxyl groups is 2. The highest BCUT2D eigenvalue weighted by atomic mass is 16.3. The fraction of sp³-hybridized carbons (Fsp3) is 0.762. The topological polar surface area (TPSA) is 57.5 Å². The van der Waals surface area contributed by atoms with Gasteiger partial charge in [0.2, 0.25) is 0 Å². The van der Waals surface area contributed by atoms with Crippen molar-refractivity contribution in [3.05, 3.63) is 11.6 Å². The van der Waals surface area contributed by atoms with Gasteiger partial charge in [0.25, 0.3) is 0 Å². The molecule has 4 aliphatic rings. The van der Waals surface area contributed by atoms with Gasteiger partial charge < -0.3 is 10.2 Å². The minimum Gasteiger partial charge on any atom is -0.393 e. The summed E-state index contributed by atoms with van der Waals surface area (Å²) in [5.74, 6) is 3.82. The SMILES string of the molecule is C#C[C@]1(O)CCC2C3CCC4=CC(=O)CCC4(C)C3C(O)CC21C. The smallest absolute Gasteiger partial charge is 0.155 e. The molecule has 3 heteroatoms. The number of carbonyl (C=O) groups is 1. The maximum absolute atomic E-state index is 11.9. The van der Waals surface area contributed by atoms with Gasteiger partial charge >= 0.3 is 0 Å². The number of ketones is 1. The molecule has 4 aliphatic carbocycles. The van der Waals surface area contributed by atoms with E-state index < -0.39 is 17.1 Å². The van der Waals surface area contributed by atoms with Crippen LogP contribution in [0.3, 0.4) is 0 Å². The van der Waals surface area contributed by atoms with E-state index in [-0.39, 0.29) is 17.1 Å². The van der Waals surface area contributed by atoms with Crippen LogP contribution in [0, 0.1) is 40.9 Å². The fourth-order valence-electron chi connectivity index (χ4n) is 6.93. The minimum absolute atomic E-state index is 0.0750. The lowest BCUT2D eigenvalue weighted by molar-refractivity contribution is -0.155. The molecule has 24 heavy (non-hydrogen) atoms. The summed E-state index contributed by atoms with van der Waals surface area (Å²) in [6.45, 7) is 4.33. The molecule has 7 atom stereocenters. The standard InChI is InChI=1S/C21H28O3/c1-4-21(24)10-8-16-15-6-5-13-11-14(22)7-9-19(13,2)18(15)17(23)12-20(16,21)3/h1,11,15-18,23-24H,5-10,12H2,2-3H3/t15?,16?,17?,18?,19?,20?,21-/m0/s1. The van der Waals surface area contributed by atoms with Crippen LogP contribution in [0.25, 0.3) is 0 Å². The third-order valence-electron chi connectivity index (χ3n) is 8.29. The lowest BCUT2D eigenvalue weighted by Crippen LogP contribution is -2.59. The van der Waals surface area contributed by atoms with Crippen molar-refractivity contribution in [2.45, 2.75) is 70.5 Å². The summed E-state index contributed by atoms with van der Waals surface area (Å²) in [6.07, 6.45) is 12.6. The molecule has 0 saturated heterocycles. The van der Waals surface area contributed by atoms with Crippen LogP contribution in [0.5, 0.6) is 0 Å². The second kappa shape index (κ2) is 4.96. The second-order valence-corrected chi connectivity index (χ2v) is 9.12. The normalized spacial score (nSPS) is 53.5. The van der Waals surface area contributed by atoms with Crippen LogP contribution in [-0.2, 0) is 4.79 Å². The predicted octanol–water partition coefficient (Wildman–Crippen LogP) is 2.85. The van der Waals surface area contributed by atoms with Crippen molar-refractivity contribution in [2.24, 2.45) is 28.6 Å². The minimum atomic E-state index is -1.09. The Labute approximate surface area is 144 Å². The predicted molar refractivity (Wildman–Crippen MR) is 91.9 cm³/mol. The van der Waals surface area contributed by atoms with Gasteiger partial charge in [-0.1, -0.05) is 25.3 Å². The summed E-state index contributed by atoms with van der Waals surface area (Å²) in [5, 5.41) is 22.1. The summed E-state index contributed by atoms with van der Waals surface area (Å²) in [5.41, 5.74) is -0.324. The Morgan fingerprint density at radius 1 is 1.25 bits per heavy atom. The number of terminal acetylenes is 1. The average Bonchev–Trinajstić information content (AvgIpc) is 2.79. The van der Waals surface area contributed by atoms with Crippen LogP contribution in [0.4, 0.5) is 0 Å². The van der Waals surface area contributed by atoms with Crippen LogP contribution in [0.1, 0.15) is 58.8 Å². The highest BCUT2D eigenvalue weighted by Crippen LogP contribution is 2.67. The van der Waals surface area contributed by atoms with Gasteiger partial charge in [0, 0.05) is 11.8 Å². The van der Waals surface area contributed by atoms with Crippen molar-refractivity contribution >= 4 is 5.78 Å². The molecule has 0 aromatic heterocycles. The number of hydrogen-bond donors (Lipinski definition) is 2. The molecule has 4 rings (SSSR count). The summed E-state index contributed by atoms with van der Waals surface area (Å²) < 4.78 is 0. The molecular weight excluding hydrogens is 300 g/mol. The van der Waals surface area contributed by atoms with E-state index in [1.54, 1.807) is 0 Å². The Morgan fingerprint density at radius 3 is 2.71 bits per heavy atom. The Kier molecular flexibility index (Phi) is 3.38. The van der Waals surface area contributed by atoms with E-state index in [9.17, 15) is 15.0 Å². The first-order valence-electron chi connectivity index (χ1n) is 9.37. The molecule has 0 aromatic carbocycles. The van der Waals surface area contributed by atoms with Crippen LogP contribution in [0.2, 0.25) is 0 Å². The molecule has 0 aliphatic heterocycles. The molecule has 3 saturated carbocycles. The van der Waals surface area contributed by atoms with Crippen molar-refractivity contribution in [3.63, 3.8) is 0 Å². The third-order valence-corrected chi connectivity index (χ3v) is 8.29. The summed E-state index contributed by atoms with van der Waals surface area (Å²) >= 11 is 0. The number of hydrogen-bond acceptors (Lipinski definition) is 3. The van der Waals surface area contributed by atoms with E-state index in [2.05, 4.69) is 19.8 Å². The van der Waals surface area contributed by atoms with E-state index in [0.717, 1.165) is 25.7 Å². The third kappa shape index (κ3) is 1.85. The van der Waals surface area contributed by atoms with E-state index in [4.69, 9.17) is 6.42 Å². The fourth-order valence-corrected chi connectivity index (χ4v) is 6.93. The van der Waals surface area contributed by atoms with Crippen LogP contribution in [0.15, 0.2) is 11.6 Å². The van der Waals surface area contributed by atoms with Crippen molar-refractivity contribution in [1.82, 2.24) is 0 Å². The zero-order valence-electron chi connectivity index (χ0n) is 14.7. The Hall–Kier alpha value is -1.11. The highest BCUT2D eigenvalue weighted by Gasteiger charge is 2.66. The quantitative estimate of drug-likeness (QED) is 0.672. The number of allylic oxidation sites excluding steroid dienone is 1. The van der Waals surface area contributed by atoms with Gasteiger partial charge in [0.05, 0.1) is 6.10 Å². The molecule has 130 valence electrons. The van der Waals surface area contributed by atoms with Crippen molar-refractivity contribution in [2.75, 3.05) is 0 Å². The Bertz CT molecular complexity index is 658. The molecule has 0 heterocycles. The van der Waals surface area contributed by atoms with Gasteiger partial charge in [-0.2, -0.15) is 0 Å². The van der Waals surface area contributed by atoms with Gasteiger partial charge in [0.15, 0.2) is 5.78 Å². The molecule has 2 N–H and O–H groups in total. The molecule has 0 aromatic rings. The summed E-state index contributed by atoms with van der Waals surface area (Å²) in [6, 6.07) is 0. The van der Waals surface area contributed by atoms with Gasteiger partial charge in [0.1, 0.15) is 5.60 Å². The number of rotatable bonds is 0. The van der Waals surface area contributed by atoms with Crippen LogP contribution in [-0.4, -0.2) is 27.7 Å². The second-order valence-electron chi connectivity index (χ2n) is 9.12. The van der Waals surface area contributed by atoms with E-state index in [1.165, 1.54) is 5.57 Å². The maximum Gasteiger partial charge on any atom is 0.155 e. The van der Waals surface area contributed by atoms with E-state index in [1.807, 2.05) is 6.08 Å². The molecule has 0 amide bonds. The number of aliphatic hydroxyl groups excluding tert-OH is 1. The first-order valence-corrected chi connectivity index (χ1v) is 9.37. The van der Waals surface area contributed by atoms with Gasteiger partial charge in [-0.15, -0.1) is 6.42 Å². The molecule has 0 bridgehead atoms. The maximum atomic E-state index is 11.9. The zero-order valence-corrected chi connectivity index (χ0v) is 14.7. The van der Waals surface area contributed by atoms with Crippen LogP contribution < -0.4 is 0 Å². The Morgan fingerprint density at radius 2 is 2.00 bits per heavy atom. The van der Waals surface area contributed by atoms with Crippen LogP contribution >= 0.6 is 0 Å². The monoisotopic (exact) mass is 328 g/mol. The molecule has 0 spiro atoms. The molecule has 6 unspecified atom stereocenters. The Balaban J connectivity index is 1.76. The van der Waals surface area contributed by atoms with E-state index >= 15 is 0 Å². The van der Waals surface area contributed by atoms with Crippen molar-refractivity contribution in [3.8, 4) is 12.3 Å². The number of carbonyl (C=O) groups excluding carboxylic acids is 1. The lowest BCUT2D eigenvalue weighted by Gasteiger charge is -2.60. The largest absolute Gasteiger partial charge is 0.393 e. The van der Waals surface area contributed by atoms with Crippen molar-refractivity contribution < 1.29 is 15.0 Å². The lowest BCUT2D eigenvalue weighted by atomic mass is 9.45. The zero-order chi connectivity index (χ0) is 17.3. The number of fused-ring (bicyclic) bond motifs is 5. The molecule has 0 radical (unpaired) electrons. The molecular formula is C21H28O3. The first kappa shape index (κ1) is 16.4. The highest BCUT2D eigenvalue weighted by molar-refractivity contribution is 5.91. The summed E-state index contributed by atoms with van der Waals surface area (Å²) in [4.78, 5) is 11.9. The molecule has 3 nitrogen and oxygen atoms in total. The summed E-state index contributed by atoms with van der Waals surface area (Å²) in [7, 11) is 0. The average molecular weight is 328 g/mol. The van der Waals surface area contributed by atoms with Gasteiger partial charge in [-0.3, -0.25) is 4.79 Å². The van der Waals surface area contributed by atoms with E-state index in [0.29, 0.717) is 31.1 Å². The first-order chi connectivity index (χ1) is 11.2. The van der Waals surface area contributed by atoms with Gasteiger partial charge in [-0.05, 0) is 67.8 Å².